The summed E-state index contributed by atoms with van der Waals surface area (Å²) in [5.41, 5.74) is 6.69. The minimum atomic E-state index is -3.43. The van der Waals surface area contributed by atoms with Crippen molar-refractivity contribution >= 4 is 10.0 Å². The van der Waals surface area contributed by atoms with Crippen LogP contribution < -0.4 is 10.5 Å². The lowest BCUT2D eigenvalue weighted by Crippen LogP contribution is -2.44. The van der Waals surface area contributed by atoms with Crippen LogP contribution in [0.1, 0.15) is 31.2 Å². The van der Waals surface area contributed by atoms with Crippen molar-refractivity contribution in [3.63, 3.8) is 0 Å². The molecule has 1 aliphatic rings. The van der Waals surface area contributed by atoms with E-state index in [2.05, 4.69) is 4.72 Å². The van der Waals surface area contributed by atoms with E-state index in [0.717, 1.165) is 31.2 Å². The molecular formula is C14H22N2O2S. The van der Waals surface area contributed by atoms with E-state index < -0.39 is 10.0 Å². The van der Waals surface area contributed by atoms with Crippen molar-refractivity contribution < 1.29 is 8.42 Å². The van der Waals surface area contributed by atoms with Crippen LogP contribution in [0, 0.1) is 12.8 Å². The van der Waals surface area contributed by atoms with Gasteiger partial charge in [-0.2, -0.15) is 0 Å². The van der Waals surface area contributed by atoms with E-state index in [1.54, 1.807) is 18.2 Å². The summed E-state index contributed by atoms with van der Waals surface area (Å²) in [7, 11) is -3.43. The van der Waals surface area contributed by atoms with Gasteiger partial charge in [0.05, 0.1) is 4.90 Å². The number of benzene rings is 1. The second-order valence-corrected chi connectivity index (χ2v) is 7.04. The van der Waals surface area contributed by atoms with Crippen LogP contribution in [0.3, 0.4) is 0 Å². The van der Waals surface area contributed by atoms with Crippen molar-refractivity contribution in [1.82, 2.24) is 4.72 Å². The standard InChI is InChI=1S/C14H22N2O2S/c1-11-5-4-7-13(9-11)19(17,18)16-14-8-3-2-6-12(14)10-15/h4-5,7,9,12,14,16H,2-3,6,8,10,15H2,1H3. The lowest BCUT2D eigenvalue weighted by molar-refractivity contribution is 0.296. The van der Waals surface area contributed by atoms with Crippen LogP contribution in [0.2, 0.25) is 0 Å². The first-order valence-corrected chi connectivity index (χ1v) is 8.30. The van der Waals surface area contributed by atoms with Crippen LogP contribution in [0.4, 0.5) is 0 Å². The number of hydrogen-bond donors (Lipinski definition) is 2. The highest BCUT2D eigenvalue weighted by molar-refractivity contribution is 7.89. The van der Waals surface area contributed by atoms with Gasteiger partial charge in [-0.3, -0.25) is 0 Å². The van der Waals surface area contributed by atoms with E-state index in [0.29, 0.717) is 11.4 Å². The number of nitrogens with one attached hydrogen (secondary N) is 1. The Morgan fingerprint density at radius 1 is 1.32 bits per heavy atom. The largest absolute Gasteiger partial charge is 0.330 e. The number of sulfonamides is 1. The molecule has 0 saturated heterocycles. The SMILES string of the molecule is Cc1cccc(S(=O)(=O)NC2CCCCC2CN)c1. The van der Waals surface area contributed by atoms with Gasteiger partial charge in [-0.25, -0.2) is 13.1 Å². The molecule has 1 saturated carbocycles. The first-order valence-electron chi connectivity index (χ1n) is 6.82. The van der Waals surface area contributed by atoms with Crippen molar-refractivity contribution in [2.24, 2.45) is 11.7 Å². The van der Waals surface area contributed by atoms with E-state index in [1.807, 2.05) is 13.0 Å². The van der Waals surface area contributed by atoms with Gasteiger partial charge in [0.2, 0.25) is 10.0 Å². The molecule has 4 nitrogen and oxygen atoms in total. The van der Waals surface area contributed by atoms with E-state index >= 15 is 0 Å². The molecule has 1 aliphatic carbocycles. The summed E-state index contributed by atoms with van der Waals surface area (Å²) in [4.78, 5) is 0.342. The zero-order chi connectivity index (χ0) is 13.9. The van der Waals surface area contributed by atoms with E-state index in [-0.39, 0.29) is 12.0 Å². The summed E-state index contributed by atoms with van der Waals surface area (Å²) in [5.74, 6) is 0.258. The predicted octanol–water partition coefficient (Wildman–Crippen LogP) is 1.79. The molecule has 0 aromatic heterocycles. The monoisotopic (exact) mass is 282 g/mol. The minimum absolute atomic E-state index is 0.0238. The van der Waals surface area contributed by atoms with Crippen molar-refractivity contribution in [2.75, 3.05) is 6.54 Å². The Kier molecular flexibility index (Phi) is 4.60. The molecule has 1 aromatic carbocycles. The van der Waals surface area contributed by atoms with Crippen LogP contribution in [0.15, 0.2) is 29.2 Å². The van der Waals surface area contributed by atoms with E-state index in [1.165, 1.54) is 0 Å². The Morgan fingerprint density at radius 2 is 2.05 bits per heavy atom. The Hall–Kier alpha value is -0.910. The minimum Gasteiger partial charge on any atom is -0.330 e. The average molecular weight is 282 g/mol. The second kappa shape index (κ2) is 6.03. The summed E-state index contributed by atoms with van der Waals surface area (Å²) in [6.45, 7) is 2.43. The van der Waals surface area contributed by atoms with Gasteiger partial charge in [-0.1, -0.05) is 25.0 Å². The first kappa shape index (κ1) is 14.5. The third-order valence-electron chi connectivity index (χ3n) is 3.82. The van der Waals surface area contributed by atoms with E-state index in [9.17, 15) is 8.42 Å². The molecule has 0 heterocycles. The maximum absolute atomic E-state index is 12.4. The van der Waals surface area contributed by atoms with Gasteiger partial charge in [0.25, 0.3) is 0 Å². The van der Waals surface area contributed by atoms with Gasteiger partial charge >= 0.3 is 0 Å². The summed E-state index contributed by atoms with van der Waals surface area (Å²) in [6, 6.07) is 6.97. The molecule has 1 aromatic rings. The maximum Gasteiger partial charge on any atom is 0.240 e. The number of rotatable bonds is 4. The Morgan fingerprint density at radius 3 is 2.74 bits per heavy atom. The Labute approximate surface area is 115 Å². The first-order chi connectivity index (χ1) is 9.03. The molecular weight excluding hydrogens is 260 g/mol. The van der Waals surface area contributed by atoms with Crippen LogP contribution >= 0.6 is 0 Å². The number of nitrogens with two attached hydrogens (primary N) is 1. The molecule has 19 heavy (non-hydrogen) atoms. The summed E-state index contributed by atoms with van der Waals surface area (Å²) in [5, 5.41) is 0. The van der Waals surface area contributed by atoms with Gasteiger partial charge < -0.3 is 5.73 Å². The third-order valence-corrected chi connectivity index (χ3v) is 5.31. The van der Waals surface area contributed by atoms with Gasteiger partial charge in [0.1, 0.15) is 0 Å². The molecule has 5 heteroatoms. The van der Waals surface area contributed by atoms with Crippen molar-refractivity contribution in [2.45, 2.75) is 43.5 Å². The molecule has 0 radical (unpaired) electrons. The van der Waals surface area contributed by atoms with Gasteiger partial charge in [-0.05, 0) is 49.9 Å². The molecule has 2 atom stereocenters. The van der Waals surface area contributed by atoms with Crippen LogP contribution in [-0.2, 0) is 10.0 Å². The predicted molar refractivity (Wildman–Crippen MR) is 76.3 cm³/mol. The lowest BCUT2D eigenvalue weighted by atomic mass is 9.85. The Balaban J connectivity index is 2.16. The molecule has 2 rings (SSSR count). The molecule has 1 fully saturated rings. The summed E-state index contributed by atoms with van der Waals surface area (Å²) >= 11 is 0. The van der Waals surface area contributed by atoms with Crippen molar-refractivity contribution in [3.8, 4) is 0 Å². The molecule has 106 valence electrons. The Bertz CT molecular complexity index is 528. The molecule has 3 N–H and O–H groups in total. The lowest BCUT2D eigenvalue weighted by Gasteiger charge is -2.31. The molecule has 0 spiro atoms. The number of aryl methyl sites for hydroxylation is 1. The van der Waals surface area contributed by atoms with Crippen molar-refractivity contribution in [1.29, 1.82) is 0 Å². The highest BCUT2D eigenvalue weighted by Crippen LogP contribution is 2.25. The third kappa shape index (κ3) is 3.55. The van der Waals surface area contributed by atoms with E-state index in [4.69, 9.17) is 5.73 Å². The van der Waals surface area contributed by atoms with Crippen LogP contribution in [-0.4, -0.2) is 21.0 Å². The average Bonchev–Trinajstić information content (AvgIpc) is 2.39. The molecule has 2 unspecified atom stereocenters. The summed E-state index contributed by atoms with van der Waals surface area (Å²) in [6.07, 6.45) is 4.10. The van der Waals surface area contributed by atoms with Crippen LogP contribution in [0.25, 0.3) is 0 Å². The highest BCUT2D eigenvalue weighted by atomic mass is 32.2. The summed E-state index contributed by atoms with van der Waals surface area (Å²) < 4.78 is 27.6. The highest BCUT2D eigenvalue weighted by Gasteiger charge is 2.28. The zero-order valence-corrected chi connectivity index (χ0v) is 12.1. The van der Waals surface area contributed by atoms with Gasteiger partial charge in [-0.15, -0.1) is 0 Å². The number of hydrogen-bond acceptors (Lipinski definition) is 3. The second-order valence-electron chi connectivity index (χ2n) is 5.32. The molecule has 0 amide bonds. The smallest absolute Gasteiger partial charge is 0.240 e. The fourth-order valence-corrected chi connectivity index (χ4v) is 4.14. The van der Waals surface area contributed by atoms with Gasteiger partial charge in [0.15, 0.2) is 0 Å². The van der Waals surface area contributed by atoms with Gasteiger partial charge in [0, 0.05) is 6.04 Å². The molecule has 0 aliphatic heterocycles. The quantitative estimate of drug-likeness (QED) is 0.884. The fraction of sp³-hybridized carbons (Fsp3) is 0.571. The normalized spacial score (nSPS) is 24.3. The van der Waals surface area contributed by atoms with Crippen LogP contribution in [0.5, 0.6) is 0 Å². The molecule has 0 bridgehead atoms. The fourth-order valence-electron chi connectivity index (χ4n) is 2.69. The van der Waals surface area contributed by atoms with Crippen molar-refractivity contribution in [3.05, 3.63) is 29.8 Å². The maximum atomic E-state index is 12.4. The topological polar surface area (TPSA) is 72.2 Å². The zero-order valence-electron chi connectivity index (χ0n) is 11.3.